The highest BCUT2D eigenvalue weighted by Crippen LogP contribution is 2.32. The summed E-state index contributed by atoms with van der Waals surface area (Å²) >= 11 is 7.67. The molecule has 0 unspecified atom stereocenters. The maximum absolute atomic E-state index is 6.09. The van der Waals surface area contributed by atoms with E-state index >= 15 is 0 Å². The number of aromatic nitrogens is 2. The number of benzene rings is 1. The minimum atomic E-state index is 0.532. The fourth-order valence-electron chi connectivity index (χ4n) is 1.75. The number of rotatable bonds is 2. The van der Waals surface area contributed by atoms with E-state index in [0.717, 1.165) is 32.3 Å². The van der Waals surface area contributed by atoms with Crippen LogP contribution >= 0.6 is 22.9 Å². The van der Waals surface area contributed by atoms with Crippen molar-refractivity contribution in [3.8, 4) is 10.7 Å². The summed E-state index contributed by atoms with van der Waals surface area (Å²) in [4.78, 5) is 8.76. The van der Waals surface area contributed by atoms with Gasteiger partial charge in [-0.25, -0.2) is 4.98 Å². The lowest BCUT2D eigenvalue weighted by molar-refractivity contribution is 1.07. The van der Waals surface area contributed by atoms with E-state index in [-0.39, 0.29) is 0 Å². The molecule has 0 saturated heterocycles. The van der Waals surface area contributed by atoms with Crippen LogP contribution in [0.3, 0.4) is 0 Å². The molecule has 3 N–H and O–H groups in total. The third-order valence-electron chi connectivity index (χ3n) is 2.61. The van der Waals surface area contributed by atoms with Crippen LogP contribution in [-0.2, 0) is 6.54 Å². The standard InChI is InChI=1S/C12H10ClN3S/c13-8-3-4-17-11(8)12-15-9-2-1-7(6-14)5-10(9)16-12/h1-5H,6,14H2,(H,15,16). The van der Waals surface area contributed by atoms with Crippen LogP contribution in [0.4, 0.5) is 0 Å². The molecule has 2 heterocycles. The van der Waals surface area contributed by atoms with Crippen molar-refractivity contribution < 1.29 is 0 Å². The van der Waals surface area contributed by atoms with E-state index in [1.165, 1.54) is 0 Å². The van der Waals surface area contributed by atoms with Crippen molar-refractivity contribution in [1.82, 2.24) is 9.97 Å². The monoisotopic (exact) mass is 263 g/mol. The van der Waals surface area contributed by atoms with Crippen LogP contribution in [0.2, 0.25) is 5.02 Å². The maximum atomic E-state index is 6.09. The maximum Gasteiger partial charge on any atom is 0.150 e. The molecule has 2 aromatic heterocycles. The van der Waals surface area contributed by atoms with Crippen LogP contribution in [0.1, 0.15) is 5.56 Å². The Balaban J connectivity index is 2.17. The molecule has 86 valence electrons. The molecule has 0 aliphatic carbocycles. The Labute approximate surface area is 107 Å². The number of nitrogens with zero attached hydrogens (tertiary/aromatic N) is 1. The third-order valence-corrected chi connectivity index (χ3v) is 3.96. The van der Waals surface area contributed by atoms with E-state index in [2.05, 4.69) is 9.97 Å². The Bertz CT molecular complexity index is 671. The Morgan fingerprint density at radius 3 is 2.94 bits per heavy atom. The Hall–Kier alpha value is -1.36. The number of hydrogen-bond donors (Lipinski definition) is 2. The van der Waals surface area contributed by atoms with E-state index in [1.54, 1.807) is 11.3 Å². The molecule has 0 bridgehead atoms. The number of nitrogens with two attached hydrogens (primary N) is 1. The first kappa shape index (κ1) is 10.8. The van der Waals surface area contributed by atoms with Gasteiger partial charge in [-0.15, -0.1) is 11.3 Å². The van der Waals surface area contributed by atoms with Gasteiger partial charge in [0.15, 0.2) is 0 Å². The summed E-state index contributed by atoms with van der Waals surface area (Å²) in [7, 11) is 0. The molecule has 0 atom stereocenters. The van der Waals surface area contributed by atoms with Gasteiger partial charge < -0.3 is 10.7 Å². The Kier molecular flexibility index (Phi) is 2.63. The smallest absolute Gasteiger partial charge is 0.150 e. The van der Waals surface area contributed by atoms with E-state index in [1.807, 2.05) is 29.6 Å². The fraction of sp³-hybridized carbons (Fsp3) is 0.0833. The molecule has 0 aliphatic rings. The number of aromatic amines is 1. The largest absolute Gasteiger partial charge is 0.337 e. The zero-order valence-corrected chi connectivity index (χ0v) is 10.5. The Morgan fingerprint density at radius 2 is 2.24 bits per heavy atom. The van der Waals surface area contributed by atoms with Crippen molar-refractivity contribution in [2.24, 2.45) is 5.73 Å². The molecular weight excluding hydrogens is 254 g/mol. The van der Waals surface area contributed by atoms with Gasteiger partial charge in [-0.3, -0.25) is 0 Å². The summed E-state index contributed by atoms with van der Waals surface area (Å²) in [5.41, 5.74) is 8.63. The zero-order chi connectivity index (χ0) is 11.8. The van der Waals surface area contributed by atoms with Gasteiger partial charge >= 0.3 is 0 Å². The van der Waals surface area contributed by atoms with Gasteiger partial charge in [-0.1, -0.05) is 17.7 Å². The first-order valence-electron chi connectivity index (χ1n) is 5.20. The molecule has 0 saturated carbocycles. The van der Waals surface area contributed by atoms with E-state index in [0.29, 0.717) is 6.54 Å². The quantitative estimate of drug-likeness (QED) is 0.744. The van der Waals surface area contributed by atoms with Crippen LogP contribution in [0.25, 0.3) is 21.7 Å². The molecule has 3 rings (SSSR count). The second-order valence-electron chi connectivity index (χ2n) is 3.74. The highest BCUT2D eigenvalue weighted by atomic mass is 35.5. The first-order valence-corrected chi connectivity index (χ1v) is 6.46. The van der Waals surface area contributed by atoms with E-state index < -0.39 is 0 Å². The fourth-order valence-corrected chi connectivity index (χ4v) is 2.84. The first-order chi connectivity index (χ1) is 8.28. The van der Waals surface area contributed by atoms with Crippen molar-refractivity contribution in [2.45, 2.75) is 6.54 Å². The van der Waals surface area contributed by atoms with Crippen LogP contribution in [-0.4, -0.2) is 9.97 Å². The Morgan fingerprint density at radius 1 is 1.35 bits per heavy atom. The van der Waals surface area contributed by atoms with Crippen LogP contribution in [0, 0.1) is 0 Å². The topological polar surface area (TPSA) is 54.7 Å². The summed E-state index contributed by atoms with van der Waals surface area (Å²) in [5.74, 6) is 0.814. The molecule has 1 aromatic carbocycles. The van der Waals surface area contributed by atoms with Crippen LogP contribution in [0.15, 0.2) is 29.6 Å². The lowest BCUT2D eigenvalue weighted by Crippen LogP contribution is -1.95. The summed E-state index contributed by atoms with van der Waals surface area (Å²) in [6, 6.07) is 7.86. The normalized spacial score (nSPS) is 11.2. The molecule has 0 radical (unpaired) electrons. The highest BCUT2D eigenvalue weighted by molar-refractivity contribution is 7.14. The van der Waals surface area contributed by atoms with Gasteiger partial charge in [-0.05, 0) is 29.1 Å². The van der Waals surface area contributed by atoms with E-state index in [4.69, 9.17) is 17.3 Å². The second-order valence-corrected chi connectivity index (χ2v) is 5.06. The number of fused-ring (bicyclic) bond motifs is 1. The van der Waals surface area contributed by atoms with Crippen molar-refractivity contribution >= 4 is 34.0 Å². The molecule has 3 nitrogen and oxygen atoms in total. The lowest BCUT2D eigenvalue weighted by Gasteiger charge is -1.94. The molecule has 17 heavy (non-hydrogen) atoms. The average Bonchev–Trinajstić information content (AvgIpc) is 2.93. The minimum Gasteiger partial charge on any atom is -0.337 e. The van der Waals surface area contributed by atoms with Crippen molar-refractivity contribution in [2.75, 3.05) is 0 Å². The minimum absolute atomic E-state index is 0.532. The van der Waals surface area contributed by atoms with Gasteiger partial charge in [0, 0.05) is 6.54 Å². The molecule has 5 heteroatoms. The average molecular weight is 264 g/mol. The summed E-state index contributed by atoms with van der Waals surface area (Å²) in [6.07, 6.45) is 0. The molecule has 0 amide bonds. The van der Waals surface area contributed by atoms with Gasteiger partial charge in [0.05, 0.1) is 20.9 Å². The molecule has 0 aliphatic heterocycles. The van der Waals surface area contributed by atoms with Crippen molar-refractivity contribution in [1.29, 1.82) is 0 Å². The summed E-state index contributed by atoms with van der Waals surface area (Å²) in [5, 5.41) is 2.68. The third kappa shape index (κ3) is 1.84. The molecule has 3 aromatic rings. The predicted octanol–water partition coefficient (Wildman–Crippen LogP) is 3.40. The number of thiophene rings is 1. The van der Waals surface area contributed by atoms with Gasteiger partial charge in [0.25, 0.3) is 0 Å². The second kappa shape index (κ2) is 4.14. The van der Waals surface area contributed by atoms with Gasteiger partial charge in [-0.2, -0.15) is 0 Å². The molecule has 0 fully saturated rings. The van der Waals surface area contributed by atoms with Crippen molar-refractivity contribution in [3.63, 3.8) is 0 Å². The molecule has 0 spiro atoms. The SMILES string of the molecule is NCc1ccc2nc(-c3sccc3Cl)[nH]c2c1. The van der Waals surface area contributed by atoms with Gasteiger partial charge in [0.2, 0.25) is 0 Å². The number of imidazole rings is 1. The highest BCUT2D eigenvalue weighted by Gasteiger charge is 2.10. The predicted molar refractivity (Wildman–Crippen MR) is 72.3 cm³/mol. The van der Waals surface area contributed by atoms with E-state index in [9.17, 15) is 0 Å². The summed E-state index contributed by atoms with van der Waals surface area (Å²) in [6.45, 7) is 0.532. The number of H-pyrrole nitrogens is 1. The zero-order valence-electron chi connectivity index (χ0n) is 8.90. The number of halogens is 1. The van der Waals surface area contributed by atoms with Crippen molar-refractivity contribution in [3.05, 3.63) is 40.2 Å². The van der Waals surface area contributed by atoms with Crippen LogP contribution in [0.5, 0.6) is 0 Å². The van der Waals surface area contributed by atoms with Gasteiger partial charge in [0.1, 0.15) is 5.82 Å². The number of nitrogens with one attached hydrogen (secondary N) is 1. The lowest BCUT2D eigenvalue weighted by atomic mass is 10.2. The molecular formula is C12H10ClN3S. The van der Waals surface area contributed by atoms with Crippen LogP contribution < -0.4 is 5.73 Å². The number of hydrogen-bond acceptors (Lipinski definition) is 3. The summed E-state index contributed by atoms with van der Waals surface area (Å²) < 4.78 is 0.